The number of nitrogen functional groups attached to an aromatic ring is 1. The van der Waals surface area contributed by atoms with E-state index in [-0.39, 0.29) is 5.91 Å². The molecule has 0 radical (unpaired) electrons. The third kappa shape index (κ3) is 3.34. The van der Waals surface area contributed by atoms with Gasteiger partial charge in [-0.2, -0.15) is 5.10 Å². The Kier molecular flexibility index (Phi) is 3.85. The van der Waals surface area contributed by atoms with Gasteiger partial charge in [-0.15, -0.1) is 0 Å². The Morgan fingerprint density at radius 2 is 2.05 bits per heavy atom. The molecule has 0 fully saturated rings. The molecule has 1 aromatic carbocycles. The molecule has 2 aromatic rings. The molecule has 0 spiro atoms. The fourth-order valence-corrected chi connectivity index (χ4v) is 1.77. The van der Waals surface area contributed by atoms with Crippen molar-refractivity contribution in [1.29, 1.82) is 0 Å². The first-order valence-electron chi connectivity index (χ1n) is 6.19. The maximum Gasteiger partial charge on any atom is 0.271 e. The molecule has 5 nitrogen and oxygen atoms in total. The Hall–Kier alpha value is -2.30. The number of hydrogen-bond donors (Lipinski definition) is 2. The lowest BCUT2D eigenvalue weighted by Crippen LogP contribution is -2.26. The summed E-state index contributed by atoms with van der Waals surface area (Å²) in [6, 6.07) is 9.43. The van der Waals surface area contributed by atoms with Crippen LogP contribution in [-0.4, -0.2) is 22.2 Å². The first kappa shape index (κ1) is 13.1. The quantitative estimate of drug-likeness (QED) is 0.811. The number of rotatable bonds is 4. The van der Waals surface area contributed by atoms with Crippen molar-refractivity contribution in [1.82, 2.24) is 15.1 Å². The topological polar surface area (TPSA) is 72.9 Å². The van der Waals surface area contributed by atoms with E-state index in [1.54, 1.807) is 10.7 Å². The lowest BCUT2D eigenvalue weighted by atomic mass is 10.1. The van der Waals surface area contributed by atoms with E-state index >= 15 is 0 Å². The zero-order valence-corrected chi connectivity index (χ0v) is 11.2. The van der Waals surface area contributed by atoms with E-state index in [1.807, 2.05) is 38.2 Å². The van der Waals surface area contributed by atoms with Crippen LogP contribution in [0.1, 0.15) is 21.7 Å². The maximum atomic E-state index is 11.8. The molecule has 0 unspecified atom stereocenters. The van der Waals surface area contributed by atoms with Crippen molar-refractivity contribution in [2.75, 3.05) is 12.3 Å². The van der Waals surface area contributed by atoms with Crippen molar-refractivity contribution >= 4 is 11.6 Å². The predicted octanol–water partition coefficient (Wildman–Crippen LogP) is 1.28. The van der Waals surface area contributed by atoms with Crippen LogP contribution in [0.15, 0.2) is 30.3 Å². The molecule has 19 heavy (non-hydrogen) atoms. The minimum atomic E-state index is -0.140. The number of nitrogens with one attached hydrogen (secondary N) is 1. The van der Waals surface area contributed by atoms with E-state index < -0.39 is 0 Å². The van der Waals surface area contributed by atoms with Crippen LogP contribution in [0.5, 0.6) is 0 Å². The van der Waals surface area contributed by atoms with E-state index in [1.165, 1.54) is 0 Å². The van der Waals surface area contributed by atoms with Crippen molar-refractivity contribution in [2.24, 2.45) is 7.05 Å². The number of carbonyl (C=O) groups excluding carboxylic acids is 1. The fraction of sp³-hybridized carbons (Fsp3) is 0.286. The largest absolute Gasteiger partial charge is 0.399 e. The predicted molar refractivity (Wildman–Crippen MR) is 74.8 cm³/mol. The van der Waals surface area contributed by atoms with Crippen LogP contribution in [0.4, 0.5) is 5.69 Å². The minimum absolute atomic E-state index is 0.140. The number of benzene rings is 1. The smallest absolute Gasteiger partial charge is 0.271 e. The third-order valence-electron chi connectivity index (χ3n) is 3.03. The molecule has 5 heteroatoms. The number of carbonyl (C=O) groups is 1. The Morgan fingerprint density at radius 3 is 2.63 bits per heavy atom. The Balaban J connectivity index is 1.85. The molecule has 2 rings (SSSR count). The average molecular weight is 258 g/mol. The van der Waals surface area contributed by atoms with E-state index in [2.05, 4.69) is 10.4 Å². The van der Waals surface area contributed by atoms with Crippen LogP contribution in [0.2, 0.25) is 0 Å². The van der Waals surface area contributed by atoms with Crippen LogP contribution in [-0.2, 0) is 13.5 Å². The van der Waals surface area contributed by atoms with E-state index in [0.717, 1.165) is 23.4 Å². The highest BCUT2D eigenvalue weighted by molar-refractivity contribution is 5.92. The molecule has 1 heterocycles. The molecule has 3 N–H and O–H groups in total. The SMILES string of the molecule is Cc1cc(C(=O)NCCc2ccc(N)cc2)nn1C. The molecular formula is C14H18N4O. The standard InChI is InChI=1S/C14H18N4O/c1-10-9-13(17-18(10)2)14(19)16-8-7-11-3-5-12(15)6-4-11/h3-6,9H,7-8,15H2,1-2H3,(H,16,19). The van der Waals surface area contributed by atoms with E-state index in [9.17, 15) is 4.79 Å². The summed E-state index contributed by atoms with van der Waals surface area (Å²) in [6.07, 6.45) is 0.776. The fourth-order valence-electron chi connectivity index (χ4n) is 1.77. The number of aryl methyl sites for hydroxylation is 2. The van der Waals surface area contributed by atoms with Crippen LogP contribution in [0.25, 0.3) is 0 Å². The van der Waals surface area contributed by atoms with Crippen LogP contribution in [0, 0.1) is 6.92 Å². The van der Waals surface area contributed by atoms with Crippen molar-refractivity contribution < 1.29 is 4.79 Å². The number of nitrogens with two attached hydrogens (primary N) is 1. The summed E-state index contributed by atoms with van der Waals surface area (Å²) in [5, 5.41) is 6.99. The lowest BCUT2D eigenvalue weighted by Gasteiger charge is -2.04. The summed E-state index contributed by atoms with van der Waals surface area (Å²) in [5.74, 6) is -0.140. The first-order chi connectivity index (χ1) is 9.06. The maximum absolute atomic E-state index is 11.8. The second kappa shape index (κ2) is 5.56. The van der Waals surface area contributed by atoms with Gasteiger partial charge in [-0.3, -0.25) is 9.48 Å². The normalized spacial score (nSPS) is 10.4. The second-order valence-electron chi connectivity index (χ2n) is 4.54. The number of aromatic nitrogens is 2. The van der Waals surface area contributed by atoms with E-state index in [0.29, 0.717) is 12.2 Å². The van der Waals surface area contributed by atoms with Gasteiger partial charge in [-0.25, -0.2) is 0 Å². The van der Waals surface area contributed by atoms with Gasteiger partial charge in [0.2, 0.25) is 0 Å². The molecule has 0 aliphatic rings. The van der Waals surface area contributed by atoms with Gasteiger partial charge < -0.3 is 11.1 Å². The minimum Gasteiger partial charge on any atom is -0.399 e. The Morgan fingerprint density at radius 1 is 1.37 bits per heavy atom. The Labute approximate surface area is 112 Å². The van der Waals surface area contributed by atoms with Gasteiger partial charge in [0.05, 0.1) is 0 Å². The molecule has 100 valence electrons. The second-order valence-corrected chi connectivity index (χ2v) is 4.54. The molecule has 0 saturated carbocycles. The highest BCUT2D eigenvalue weighted by atomic mass is 16.1. The van der Waals surface area contributed by atoms with E-state index in [4.69, 9.17) is 5.73 Å². The van der Waals surface area contributed by atoms with Gasteiger partial charge in [0.15, 0.2) is 0 Å². The lowest BCUT2D eigenvalue weighted by molar-refractivity contribution is 0.0948. The summed E-state index contributed by atoms with van der Waals surface area (Å²) in [5.41, 5.74) is 8.93. The van der Waals surface area contributed by atoms with Crippen molar-refractivity contribution in [3.8, 4) is 0 Å². The van der Waals surface area contributed by atoms with Gasteiger partial charge in [-0.1, -0.05) is 12.1 Å². The third-order valence-corrected chi connectivity index (χ3v) is 3.03. The highest BCUT2D eigenvalue weighted by Gasteiger charge is 2.09. The summed E-state index contributed by atoms with van der Waals surface area (Å²) >= 11 is 0. The van der Waals surface area contributed by atoms with Crippen LogP contribution >= 0.6 is 0 Å². The Bertz CT molecular complexity index is 552. The molecule has 0 aliphatic heterocycles. The van der Waals surface area contributed by atoms with Gasteiger partial charge in [0, 0.05) is 25.0 Å². The van der Waals surface area contributed by atoms with Gasteiger partial charge in [-0.05, 0) is 37.1 Å². The number of nitrogens with zero attached hydrogens (tertiary/aromatic N) is 2. The summed E-state index contributed by atoms with van der Waals surface area (Å²) < 4.78 is 1.69. The summed E-state index contributed by atoms with van der Waals surface area (Å²) in [6.45, 7) is 2.50. The zero-order chi connectivity index (χ0) is 13.8. The highest BCUT2D eigenvalue weighted by Crippen LogP contribution is 2.06. The molecule has 0 aliphatic carbocycles. The van der Waals surface area contributed by atoms with Crippen molar-refractivity contribution in [2.45, 2.75) is 13.3 Å². The summed E-state index contributed by atoms with van der Waals surface area (Å²) in [4.78, 5) is 11.8. The van der Waals surface area contributed by atoms with Crippen molar-refractivity contribution in [3.63, 3.8) is 0 Å². The van der Waals surface area contributed by atoms with Crippen molar-refractivity contribution in [3.05, 3.63) is 47.3 Å². The number of hydrogen-bond acceptors (Lipinski definition) is 3. The number of amides is 1. The molecule has 0 atom stereocenters. The van der Waals surface area contributed by atoms with Gasteiger partial charge in [0.25, 0.3) is 5.91 Å². The zero-order valence-electron chi connectivity index (χ0n) is 11.2. The molecule has 1 aromatic heterocycles. The molecule has 0 bridgehead atoms. The summed E-state index contributed by atoms with van der Waals surface area (Å²) in [7, 11) is 1.82. The van der Waals surface area contributed by atoms with Crippen LogP contribution < -0.4 is 11.1 Å². The van der Waals surface area contributed by atoms with Gasteiger partial charge in [0.1, 0.15) is 5.69 Å². The molecule has 1 amide bonds. The van der Waals surface area contributed by atoms with Crippen LogP contribution in [0.3, 0.4) is 0 Å². The first-order valence-corrected chi connectivity index (χ1v) is 6.19. The molecular weight excluding hydrogens is 240 g/mol. The van der Waals surface area contributed by atoms with Gasteiger partial charge >= 0.3 is 0 Å². The monoisotopic (exact) mass is 258 g/mol. The average Bonchev–Trinajstić information content (AvgIpc) is 2.72. The molecule has 0 saturated heterocycles. The number of anilines is 1.